The summed E-state index contributed by atoms with van der Waals surface area (Å²) >= 11 is 0. The van der Waals surface area contributed by atoms with E-state index in [0.29, 0.717) is 0 Å². The molecule has 1 aromatic carbocycles. The number of benzene rings is 1. The third-order valence-electron chi connectivity index (χ3n) is 1.56. The number of nitro benzene ring substituents is 1. The van der Waals surface area contributed by atoms with Crippen molar-refractivity contribution in [3.8, 4) is 5.75 Å². The Balaban J connectivity index is 3.29. The van der Waals surface area contributed by atoms with Crippen LogP contribution in [0.2, 0.25) is 0 Å². The summed E-state index contributed by atoms with van der Waals surface area (Å²) in [6, 6.07) is 4.61. The summed E-state index contributed by atoms with van der Waals surface area (Å²) in [4.78, 5) is 10.0. The molecular weight excluding hydrogens is 174 g/mol. The zero-order chi connectivity index (χ0) is 9.84. The molecular formula is C7H9N3O3. The third-order valence-corrected chi connectivity index (χ3v) is 1.56. The van der Waals surface area contributed by atoms with Crippen molar-refractivity contribution in [3.05, 3.63) is 28.3 Å². The van der Waals surface area contributed by atoms with E-state index in [4.69, 9.17) is 10.6 Å². The van der Waals surface area contributed by atoms with Gasteiger partial charge in [0, 0.05) is 0 Å². The number of para-hydroxylation sites is 1. The summed E-state index contributed by atoms with van der Waals surface area (Å²) in [5.41, 5.74) is 2.30. The number of nitrogens with two attached hydrogens (primary N) is 1. The van der Waals surface area contributed by atoms with E-state index in [1.54, 1.807) is 6.07 Å². The number of methoxy groups -OCH3 is 1. The molecule has 0 aromatic heterocycles. The van der Waals surface area contributed by atoms with Gasteiger partial charge in [-0.3, -0.25) is 16.0 Å². The highest BCUT2D eigenvalue weighted by molar-refractivity contribution is 5.67. The van der Waals surface area contributed by atoms with Crippen LogP contribution in [0.5, 0.6) is 5.75 Å². The fourth-order valence-corrected chi connectivity index (χ4v) is 0.992. The van der Waals surface area contributed by atoms with Gasteiger partial charge in [-0.1, -0.05) is 6.07 Å². The van der Waals surface area contributed by atoms with Gasteiger partial charge in [-0.2, -0.15) is 0 Å². The lowest BCUT2D eigenvalue weighted by atomic mass is 10.2. The number of nitrogens with zero attached hydrogens (tertiary/aromatic N) is 1. The molecule has 0 heterocycles. The minimum atomic E-state index is -0.548. The van der Waals surface area contributed by atoms with E-state index in [9.17, 15) is 10.1 Å². The van der Waals surface area contributed by atoms with Crippen molar-refractivity contribution in [2.24, 2.45) is 5.84 Å². The smallest absolute Gasteiger partial charge is 0.335 e. The number of anilines is 1. The summed E-state index contributed by atoms with van der Waals surface area (Å²) < 4.78 is 4.81. The molecule has 0 saturated heterocycles. The molecule has 1 rings (SSSR count). The summed E-state index contributed by atoms with van der Waals surface area (Å²) in [5, 5.41) is 10.6. The van der Waals surface area contributed by atoms with E-state index in [0.717, 1.165) is 0 Å². The Morgan fingerprint density at radius 1 is 1.62 bits per heavy atom. The average Bonchev–Trinajstić information content (AvgIpc) is 2.16. The van der Waals surface area contributed by atoms with Crippen molar-refractivity contribution in [1.29, 1.82) is 0 Å². The Morgan fingerprint density at radius 2 is 2.31 bits per heavy atom. The van der Waals surface area contributed by atoms with Gasteiger partial charge >= 0.3 is 5.69 Å². The predicted molar refractivity (Wildman–Crippen MR) is 47.5 cm³/mol. The molecule has 0 aliphatic heterocycles. The Labute approximate surface area is 74.4 Å². The van der Waals surface area contributed by atoms with E-state index >= 15 is 0 Å². The van der Waals surface area contributed by atoms with Crippen molar-refractivity contribution in [1.82, 2.24) is 0 Å². The van der Waals surface area contributed by atoms with Gasteiger partial charge in [0.05, 0.1) is 12.0 Å². The molecule has 3 N–H and O–H groups in total. The molecule has 0 fully saturated rings. The zero-order valence-corrected chi connectivity index (χ0v) is 6.98. The SMILES string of the molecule is COc1cccc(NN)c1[N+](=O)[O-]. The summed E-state index contributed by atoms with van der Waals surface area (Å²) in [7, 11) is 1.36. The number of nitrogens with one attached hydrogen (secondary N) is 1. The van der Waals surface area contributed by atoms with E-state index in [2.05, 4.69) is 5.43 Å². The van der Waals surface area contributed by atoms with Gasteiger partial charge in [0.2, 0.25) is 0 Å². The molecule has 0 atom stereocenters. The van der Waals surface area contributed by atoms with Crippen LogP contribution in [-0.4, -0.2) is 12.0 Å². The third kappa shape index (κ3) is 1.67. The second-order valence-electron chi connectivity index (χ2n) is 2.26. The first-order valence-corrected chi connectivity index (χ1v) is 3.48. The Hall–Kier alpha value is -1.82. The maximum absolute atomic E-state index is 10.6. The van der Waals surface area contributed by atoms with E-state index in [1.165, 1.54) is 19.2 Å². The van der Waals surface area contributed by atoms with Gasteiger partial charge in [-0.05, 0) is 12.1 Å². The van der Waals surface area contributed by atoms with E-state index in [1.807, 2.05) is 0 Å². The molecule has 0 radical (unpaired) electrons. The number of nitro groups is 1. The fourth-order valence-electron chi connectivity index (χ4n) is 0.992. The Bertz CT molecular complexity index is 305. The molecule has 0 aliphatic rings. The molecule has 0 bridgehead atoms. The number of hydrogen-bond acceptors (Lipinski definition) is 5. The minimum absolute atomic E-state index is 0.160. The van der Waals surface area contributed by atoms with Gasteiger partial charge < -0.3 is 10.2 Å². The number of ether oxygens (including phenoxy) is 1. The van der Waals surface area contributed by atoms with Crippen molar-refractivity contribution in [2.75, 3.05) is 12.5 Å². The highest BCUT2D eigenvalue weighted by Gasteiger charge is 2.19. The van der Waals surface area contributed by atoms with Crippen LogP contribution in [0.3, 0.4) is 0 Å². The molecule has 1 aromatic rings. The lowest BCUT2D eigenvalue weighted by molar-refractivity contribution is -0.384. The normalized spacial score (nSPS) is 9.38. The van der Waals surface area contributed by atoms with Crippen molar-refractivity contribution in [2.45, 2.75) is 0 Å². The van der Waals surface area contributed by atoms with Crippen molar-refractivity contribution < 1.29 is 9.66 Å². The molecule has 0 spiro atoms. The van der Waals surface area contributed by atoms with Crippen LogP contribution in [0.25, 0.3) is 0 Å². The lowest BCUT2D eigenvalue weighted by Crippen LogP contribution is -2.09. The molecule has 0 aliphatic carbocycles. The molecule has 0 saturated carbocycles. The minimum Gasteiger partial charge on any atom is -0.490 e. The number of nitrogen functional groups attached to an aromatic ring is 1. The average molecular weight is 183 g/mol. The second kappa shape index (κ2) is 3.72. The lowest BCUT2D eigenvalue weighted by Gasteiger charge is -2.05. The summed E-state index contributed by atoms with van der Waals surface area (Å²) in [6.07, 6.45) is 0. The van der Waals surface area contributed by atoms with Crippen LogP contribution in [-0.2, 0) is 0 Å². The zero-order valence-electron chi connectivity index (χ0n) is 6.98. The van der Waals surface area contributed by atoms with Gasteiger partial charge in [0.15, 0.2) is 5.75 Å². The van der Waals surface area contributed by atoms with Crippen LogP contribution in [0, 0.1) is 10.1 Å². The molecule has 13 heavy (non-hydrogen) atoms. The topological polar surface area (TPSA) is 90.4 Å². The number of hydrogen-bond donors (Lipinski definition) is 2. The molecule has 0 amide bonds. The second-order valence-corrected chi connectivity index (χ2v) is 2.26. The van der Waals surface area contributed by atoms with Crippen LogP contribution < -0.4 is 16.0 Å². The van der Waals surface area contributed by atoms with Gasteiger partial charge in [-0.15, -0.1) is 0 Å². The van der Waals surface area contributed by atoms with Crippen LogP contribution in [0.1, 0.15) is 0 Å². The first kappa shape index (κ1) is 9.27. The maximum atomic E-state index is 10.6. The highest BCUT2D eigenvalue weighted by Crippen LogP contribution is 2.33. The largest absolute Gasteiger partial charge is 0.490 e. The molecule has 6 nitrogen and oxygen atoms in total. The first-order chi connectivity index (χ1) is 6.20. The van der Waals surface area contributed by atoms with Crippen molar-refractivity contribution >= 4 is 11.4 Å². The van der Waals surface area contributed by atoms with Gasteiger partial charge in [-0.25, -0.2) is 0 Å². The summed E-state index contributed by atoms with van der Waals surface area (Å²) in [6.45, 7) is 0. The number of hydrazine groups is 1. The molecule has 0 unspecified atom stereocenters. The predicted octanol–water partition coefficient (Wildman–Crippen LogP) is 0.889. The van der Waals surface area contributed by atoms with Crippen LogP contribution in [0.15, 0.2) is 18.2 Å². The fraction of sp³-hybridized carbons (Fsp3) is 0.143. The highest BCUT2D eigenvalue weighted by atomic mass is 16.6. The van der Waals surface area contributed by atoms with Crippen LogP contribution >= 0.6 is 0 Å². The quantitative estimate of drug-likeness (QED) is 0.412. The molecule has 6 heteroatoms. The molecule has 70 valence electrons. The monoisotopic (exact) mass is 183 g/mol. The van der Waals surface area contributed by atoms with E-state index < -0.39 is 4.92 Å². The first-order valence-electron chi connectivity index (χ1n) is 3.48. The van der Waals surface area contributed by atoms with Gasteiger partial charge in [0.25, 0.3) is 0 Å². The van der Waals surface area contributed by atoms with E-state index in [-0.39, 0.29) is 17.1 Å². The van der Waals surface area contributed by atoms with Crippen molar-refractivity contribution in [3.63, 3.8) is 0 Å². The number of rotatable bonds is 3. The Kier molecular flexibility index (Phi) is 2.65. The summed E-state index contributed by atoms with van der Waals surface area (Å²) in [5.74, 6) is 5.28. The maximum Gasteiger partial charge on any atom is 0.335 e. The Morgan fingerprint density at radius 3 is 2.77 bits per heavy atom. The standard InChI is InChI=1S/C7H9N3O3/c1-13-6-4-2-3-5(9-8)7(6)10(11)12/h2-4,9H,8H2,1H3. The van der Waals surface area contributed by atoms with Crippen LogP contribution in [0.4, 0.5) is 11.4 Å². The van der Waals surface area contributed by atoms with Gasteiger partial charge in [0.1, 0.15) is 5.69 Å².